The molecule has 4 aliphatic rings. The molecule has 4 aromatic rings. The lowest BCUT2D eigenvalue weighted by atomic mass is 9.40. The van der Waals surface area contributed by atoms with Gasteiger partial charge in [0.05, 0.1) is 0 Å². The molecule has 8 rings (SSSR count). The molecular formula is C52H68N2O2. The Morgan fingerprint density at radius 3 is 1.62 bits per heavy atom. The second-order valence-electron chi connectivity index (χ2n) is 19.9. The van der Waals surface area contributed by atoms with Crippen molar-refractivity contribution in [1.82, 2.24) is 0 Å². The average molecular weight is 753 g/mol. The molecule has 56 heavy (non-hydrogen) atoms. The maximum atomic E-state index is 6.28. The Labute approximate surface area is 338 Å². The van der Waals surface area contributed by atoms with Crippen LogP contribution in [0.5, 0.6) is 23.0 Å². The van der Waals surface area contributed by atoms with Gasteiger partial charge in [-0.15, -0.1) is 0 Å². The predicted octanol–water partition coefficient (Wildman–Crippen LogP) is 14.1. The van der Waals surface area contributed by atoms with Crippen LogP contribution in [0.4, 0.5) is 11.4 Å². The summed E-state index contributed by atoms with van der Waals surface area (Å²) < 4.78 is 12.6. The lowest BCUT2D eigenvalue weighted by Gasteiger charge is -2.64. The van der Waals surface area contributed by atoms with Crippen molar-refractivity contribution in [3.63, 3.8) is 0 Å². The fourth-order valence-electron chi connectivity index (χ4n) is 13.4. The minimum atomic E-state index is -0.0801. The summed E-state index contributed by atoms with van der Waals surface area (Å²) in [6.07, 6.45) is 14.9. The number of fused-ring (bicyclic) bond motifs is 5. The Bertz CT molecular complexity index is 1830. The molecule has 4 N–H and O–H groups in total. The van der Waals surface area contributed by atoms with Crippen LogP contribution in [-0.2, 0) is 5.41 Å². The number of benzene rings is 4. The molecule has 4 saturated carbocycles. The van der Waals surface area contributed by atoms with Crippen molar-refractivity contribution in [2.24, 2.45) is 58.2 Å². The van der Waals surface area contributed by atoms with Crippen molar-refractivity contribution in [2.45, 2.75) is 118 Å². The van der Waals surface area contributed by atoms with Crippen LogP contribution in [0.3, 0.4) is 0 Å². The molecule has 298 valence electrons. The van der Waals surface area contributed by atoms with E-state index in [1.54, 1.807) is 0 Å². The fraction of sp³-hybridized carbons (Fsp3) is 0.538. The van der Waals surface area contributed by atoms with E-state index in [4.69, 9.17) is 20.9 Å². The zero-order chi connectivity index (χ0) is 39.2. The van der Waals surface area contributed by atoms with E-state index < -0.39 is 0 Å². The van der Waals surface area contributed by atoms with E-state index >= 15 is 0 Å². The standard InChI is InChI=1S/C52H68N2O2/c1-34(2)8-7-9-35(3)46-26-27-47-49-36(4)32-39-33-52(31-30-50(39,5)48(49)28-29-51(46,47)6,37-10-18-42(19-11-37)55-44-22-14-40(53)15-23-44)38-12-20-43(21-13-38)56-45-24-16-41(54)17-25-45/h10-25,34-36,39,46-49H,7-9,26-33,53-54H2,1-6H3. The summed E-state index contributed by atoms with van der Waals surface area (Å²) in [5.41, 5.74) is 17.0. The van der Waals surface area contributed by atoms with E-state index in [-0.39, 0.29) is 5.41 Å². The van der Waals surface area contributed by atoms with Gasteiger partial charge < -0.3 is 20.9 Å². The SMILES string of the molecule is CC(C)CCCC(C)C1CCC2C3C(C)CC4CC(c5ccc(Oc6ccc(N)cc6)cc5)(c5ccc(Oc6ccc(N)cc6)cc5)CCC4(C)C3CCC12C. The smallest absolute Gasteiger partial charge is 0.127 e. The molecule has 4 aromatic carbocycles. The molecule has 0 bridgehead atoms. The molecule has 9 atom stereocenters. The normalized spacial score (nSPS) is 31.2. The van der Waals surface area contributed by atoms with E-state index in [2.05, 4.69) is 90.1 Å². The third-order valence-electron chi connectivity index (χ3n) is 16.4. The summed E-state index contributed by atoms with van der Waals surface area (Å²) in [5, 5.41) is 0. The molecule has 4 aliphatic carbocycles. The molecule has 0 heterocycles. The molecular weight excluding hydrogens is 685 g/mol. The average Bonchev–Trinajstić information content (AvgIpc) is 3.54. The maximum absolute atomic E-state index is 6.28. The van der Waals surface area contributed by atoms with Gasteiger partial charge in [-0.3, -0.25) is 0 Å². The minimum absolute atomic E-state index is 0.0801. The molecule has 0 aliphatic heterocycles. The zero-order valence-corrected chi connectivity index (χ0v) is 35.1. The molecule has 4 fully saturated rings. The van der Waals surface area contributed by atoms with E-state index in [1.165, 1.54) is 75.3 Å². The van der Waals surface area contributed by atoms with Crippen LogP contribution in [-0.4, -0.2) is 0 Å². The summed E-state index contributed by atoms with van der Waals surface area (Å²) in [5.74, 6) is 9.90. The highest BCUT2D eigenvalue weighted by Gasteiger charge is 2.63. The zero-order valence-electron chi connectivity index (χ0n) is 35.1. The lowest BCUT2D eigenvalue weighted by molar-refractivity contribution is -0.144. The molecule has 9 unspecified atom stereocenters. The monoisotopic (exact) mass is 753 g/mol. The van der Waals surface area contributed by atoms with Crippen LogP contribution < -0.4 is 20.9 Å². The van der Waals surface area contributed by atoms with Crippen molar-refractivity contribution < 1.29 is 9.47 Å². The van der Waals surface area contributed by atoms with Crippen LogP contribution in [0, 0.1) is 58.2 Å². The predicted molar refractivity (Wildman–Crippen MR) is 233 cm³/mol. The van der Waals surface area contributed by atoms with Gasteiger partial charge in [-0.1, -0.05) is 85.1 Å². The third-order valence-corrected chi connectivity index (χ3v) is 16.4. The van der Waals surface area contributed by atoms with Crippen LogP contribution >= 0.6 is 0 Å². The highest BCUT2D eigenvalue weighted by Crippen LogP contribution is 2.71. The summed E-state index contributed by atoms with van der Waals surface area (Å²) in [6, 6.07) is 33.4. The van der Waals surface area contributed by atoms with Gasteiger partial charge in [-0.2, -0.15) is 0 Å². The molecule has 4 heteroatoms. The second kappa shape index (κ2) is 15.4. The first-order valence-corrected chi connectivity index (χ1v) is 22.2. The highest BCUT2D eigenvalue weighted by atomic mass is 16.5. The van der Waals surface area contributed by atoms with Gasteiger partial charge in [0.2, 0.25) is 0 Å². The van der Waals surface area contributed by atoms with Crippen LogP contribution in [0.25, 0.3) is 0 Å². The van der Waals surface area contributed by atoms with Gasteiger partial charge in [0, 0.05) is 16.8 Å². The largest absolute Gasteiger partial charge is 0.457 e. The first kappa shape index (κ1) is 38.9. The number of hydrogen-bond donors (Lipinski definition) is 2. The number of nitrogens with two attached hydrogens (primary N) is 2. The summed E-state index contributed by atoms with van der Waals surface area (Å²) >= 11 is 0. The van der Waals surface area contributed by atoms with Crippen LogP contribution in [0.15, 0.2) is 97.1 Å². The lowest BCUT2D eigenvalue weighted by Crippen LogP contribution is -2.58. The minimum Gasteiger partial charge on any atom is -0.457 e. The Kier molecular flexibility index (Phi) is 10.7. The van der Waals surface area contributed by atoms with Crippen LogP contribution in [0.2, 0.25) is 0 Å². The summed E-state index contributed by atoms with van der Waals surface area (Å²) in [6.45, 7) is 15.5. The number of ether oxygens (including phenoxy) is 2. The van der Waals surface area contributed by atoms with Gasteiger partial charge in [-0.05, 0) is 193 Å². The highest BCUT2D eigenvalue weighted by molar-refractivity contribution is 5.48. The Balaban J connectivity index is 1.07. The molecule has 0 amide bonds. The van der Waals surface area contributed by atoms with Crippen molar-refractivity contribution >= 4 is 11.4 Å². The van der Waals surface area contributed by atoms with E-state index in [1.807, 2.05) is 48.5 Å². The van der Waals surface area contributed by atoms with Gasteiger partial charge >= 0.3 is 0 Å². The number of rotatable bonds is 11. The molecule has 0 radical (unpaired) electrons. The number of nitrogen functional groups attached to an aromatic ring is 2. The first-order valence-electron chi connectivity index (χ1n) is 22.2. The number of hydrogen-bond acceptors (Lipinski definition) is 4. The Morgan fingerprint density at radius 2 is 1.11 bits per heavy atom. The van der Waals surface area contributed by atoms with Crippen molar-refractivity contribution in [1.29, 1.82) is 0 Å². The van der Waals surface area contributed by atoms with Crippen LogP contribution in [0.1, 0.15) is 123 Å². The molecule has 4 nitrogen and oxygen atoms in total. The topological polar surface area (TPSA) is 70.5 Å². The fourth-order valence-corrected chi connectivity index (χ4v) is 13.4. The Hall–Kier alpha value is -3.92. The van der Waals surface area contributed by atoms with Gasteiger partial charge in [0.1, 0.15) is 23.0 Å². The van der Waals surface area contributed by atoms with E-state index in [9.17, 15) is 0 Å². The Morgan fingerprint density at radius 1 is 0.607 bits per heavy atom. The van der Waals surface area contributed by atoms with Gasteiger partial charge in [-0.25, -0.2) is 0 Å². The van der Waals surface area contributed by atoms with Crippen molar-refractivity contribution in [3.05, 3.63) is 108 Å². The summed E-state index contributed by atoms with van der Waals surface area (Å²) in [4.78, 5) is 0. The second-order valence-corrected chi connectivity index (χ2v) is 19.9. The first-order chi connectivity index (χ1) is 26.9. The van der Waals surface area contributed by atoms with Gasteiger partial charge in [0.25, 0.3) is 0 Å². The van der Waals surface area contributed by atoms with E-state index in [0.717, 1.165) is 82.2 Å². The molecule has 0 saturated heterocycles. The van der Waals surface area contributed by atoms with Crippen molar-refractivity contribution in [2.75, 3.05) is 11.5 Å². The quantitative estimate of drug-likeness (QED) is 0.150. The van der Waals surface area contributed by atoms with Crippen molar-refractivity contribution in [3.8, 4) is 23.0 Å². The molecule has 0 spiro atoms. The van der Waals surface area contributed by atoms with Gasteiger partial charge in [0.15, 0.2) is 0 Å². The number of anilines is 2. The third kappa shape index (κ3) is 7.24. The summed E-state index contributed by atoms with van der Waals surface area (Å²) in [7, 11) is 0. The maximum Gasteiger partial charge on any atom is 0.127 e. The molecule has 0 aromatic heterocycles. The van der Waals surface area contributed by atoms with E-state index in [0.29, 0.717) is 16.7 Å².